The minimum Gasteiger partial charge on any atom is -0.497 e. The number of nitrogens with zero attached hydrogens (tertiary/aromatic N) is 2. The number of esters is 1. The van der Waals surface area contributed by atoms with Gasteiger partial charge in [0.2, 0.25) is 15.8 Å². The molecule has 3 aromatic rings. The van der Waals surface area contributed by atoms with E-state index in [1.54, 1.807) is 0 Å². The summed E-state index contributed by atoms with van der Waals surface area (Å²) >= 11 is 0. The molecule has 0 spiro atoms. The van der Waals surface area contributed by atoms with Crippen LogP contribution in [0.1, 0.15) is 18.4 Å². The normalized spacial score (nSPS) is 12.4. The summed E-state index contributed by atoms with van der Waals surface area (Å²) in [5.74, 6) is 0.214. The predicted octanol–water partition coefficient (Wildman–Crippen LogP) is 2.46. The van der Waals surface area contributed by atoms with Crippen molar-refractivity contribution in [3.05, 3.63) is 60.0 Å². The lowest BCUT2D eigenvalue weighted by Crippen LogP contribution is -2.39. The minimum absolute atomic E-state index is 0.00240. The van der Waals surface area contributed by atoms with Gasteiger partial charge in [-0.25, -0.2) is 8.42 Å². The number of nitrogens with one attached hydrogen (secondary N) is 1. The Bertz CT molecular complexity index is 1110. The first-order valence-electron chi connectivity index (χ1n) is 9.01. The van der Waals surface area contributed by atoms with Crippen molar-refractivity contribution in [3.8, 4) is 17.1 Å². The number of benzene rings is 2. The molecule has 0 aliphatic rings. The maximum atomic E-state index is 12.4. The zero-order valence-corrected chi connectivity index (χ0v) is 17.5. The number of sulfonamides is 1. The van der Waals surface area contributed by atoms with Crippen LogP contribution in [0.5, 0.6) is 5.75 Å². The van der Waals surface area contributed by atoms with Crippen molar-refractivity contribution < 1.29 is 27.2 Å². The van der Waals surface area contributed by atoms with Gasteiger partial charge in [0.05, 0.1) is 12.0 Å². The van der Waals surface area contributed by atoms with E-state index in [0.29, 0.717) is 11.6 Å². The van der Waals surface area contributed by atoms with Crippen molar-refractivity contribution in [2.75, 3.05) is 7.11 Å². The second-order valence-electron chi connectivity index (χ2n) is 6.50. The zero-order chi connectivity index (χ0) is 21.7. The maximum Gasteiger partial charge on any atom is 0.324 e. The summed E-state index contributed by atoms with van der Waals surface area (Å²) in [6, 6.07) is 12.2. The molecular formula is C20H21N3O6S. The summed E-state index contributed by atoms with van der Waals surface area (Å²) in [6.45, 7) is 3.08. The van der Waals surface area contributed by atoms with Gasteiger partial charge in [0, 0.05) is 5.56 Å². The first-order chi connectivity index (χ1) is 14.3. The molecule has 1 N–H and O–H groups in total. The molecule has 0 unspecified atom stereocenters. The average Bonchev–Trinajstić information content (AvgIpc) is 3.21. The summed E-state index contributed by atoms with van der Waals surface area (Å²) in [6.07, 6.45) is 0. The standard InChI is InChI=1S/C20H21N3O6S/c1-13-4-6-15(7-5-13)19-21-18(29-22-19)12-28-20(24)14(2)23-30(25,26)17-10-8-16(27-3)9-11-17/h4-11,14,23H,12H2,1-3H3/t14-/m0/s1. The molecule has 0 saturated carbocycles. The van der Waals surface area contributed by atoms with E-state index in [1.165, 1.54) is 38.3 Å². The van der Waals surface area contributed by atoms with Crippen molar-refractivity contribution in [1.29, 1.82) is 0 Å². The van der Waals surface area contributed by atoms with Gasteiger partial charge in [0.1, 0.15) is 11.8 Å². The molecule has 1 atom stereocenters. The molecule has 0 bridgehead atoms. The number of hydrogen-bond acceptors (Lipinski definition) is 8. The number of carbonyl (C=O) groups is 1. The quantitative estimate of drug-likeness (QED) is 0.540. The van der Waals surface area contributed by atoms with E-state index < -0.39 is 22.0 Å². The molecule has 0 fully saturated rings. The van der Waals surface area contributed by atoms with Gasteiger partial charge >= 0.3 is 5.97 Å². The van der Waals surface area contributed by atoms with Crippen LogP contribution in [-0.2, 0) is 26.2 Å². The first-order valence-corrected chi connectivity index (χ1v) is 10.5. The highest BCUT2D eigenvalue weighted by Gasteiger charge is 2.24. The van der Waals surface area contributed by atoms with Gasteiger partial charge in [0.15, 0.2) is 6.61 Å². The molecule has 0 radical (unpaired) electrons. The lowest BCUT2D eigenvalue weighted by molar-refractivity contribution is -0.147. The highest BCUT2D eigenvalue weighted by Crippen LogP contribution is 2.17. The molecule has 0 aliphatic heterocycles. The van der Waals surface area contributed by atoms with Crippen LogP contribution >= 0.6 is 0 Å². The number of aromatic nitrogens is 2. The highest BCUT2D eigenvalue weighted by atomic mass is 32.2. The Balaban J connectivity index is 1.57. The smallest absolute Gasteiger partial charge is 0.324 e. The Kier molecular flexibility index (Phi) is 6.48. The van der Waals surface area contributed by atoms with Crippen LogP contribution in [0.25, 0.3) is 11.4 Å². The van der Waals surface area contributed by atoms with Crippen LogP contribution in [0.15, 0.2) is 57.9 Å². The fourth-order valence-electron chi connectivity index (χ4n) is 2.50. The highest BCUT2D eigenvalue weighted by molar-refractivity contribution is 7.89. The number of rotatable bonds is 8. The first kappa shape index (κ1) is 21.5. The molecule has 0 saturated heterocycles. The molecule has 0 aliphatic carbocycles. The van der Waals surface area contributed by atoms with Crippen molar-refractivity contribution in [1.82, 2.24) is 14.9 Å². The molecular weight excluding hydrogens is 410 g/mol. The molecule has 158 valence electrons. The third-order valence-corrected chi connectivity index (χ3v) is 5.73. The minimum atomic E-state index is -3.91. The van der Waals surface area contributed by atoms with Crippen LogP contribution in [0.3, 0.4) is 0 Å². The predicted molar refractivity (Wildman–Crippen MR) is 107 cm³/mol. The summed E-state index contributed by atoms with van der Waals surface area (Å²) in [7, 11) is -2.43. The van der Waals surface area contributed by atoms with Crippen molar-refractivity contribution in [2.45, 2.75) is 31.4 Å². The van der Waals surface area contributed by atoms with Crippen LogP contribution in [0.4, 0.5) is 0 Å². The van der Waals surface area contributed by atoms with Gasteiger partial charge in [-0.1, -0.05) is 35.0 Å². The summed E-state index contributed by atoms with van der Waals surface area (Å²) in [5.41, 5.74) is 1.87. The third kappa shape index (κ3) is 5.22. The number of ether oxygens (including phenoxy) is 2. The summed E-state index contributed by atoms with van der Waals surface area (Å²) in [5, 5.41) is 3.85. The van der Waals surface area contributed by atoms with Crippen molar-refractivity contribution in [3.63, 3.8) is 0 Å². The lowest BCUT2D eigenvalue weighted by Gasteiger charge is -2.13. The van der Waals surface area contributed by atoms with Crippen LogP contribution in [-0.4, -0.2) is 37.7 Å². The van der Waals surface area contributed by atoms with Gasteiger partial charge < -0.3 is 14.0 Å². The molecule has 3 rings (SSSR count). The molecule has 1 heterocycles. The van der Waals surface area contributed by atoms with Gasteiger partial charge in [-0.2, -0.15) is 9.71 Å². The molecule has 9 nitrogen and oxygen atoms in total. The monoisotopic (exact) mass is 431 g/mol. The Hall–Kier alpha value is -3.24. The Morgan fingerprint density at radius 2 is 1.80 bits per heavy atom. The van der Waals surface area contributed by atoms with Gasteiger partial charge in [-0.3, -0.25) is 4.79 Å². The van der Waals surface area contributed by atoms with E-state index in [2.05, 4.69) is 14.9 Å². The van der Waals surface area contributed by atoms with Crippen LogP contribution in [0.2, 0.25) is 0 Å². The topological polar surface area (TPSA) is 121 Å². The lowest BCUT2D eigenvalue weighted by atomic mass is 10.1. The number of aryl methyl sites for hydroxylation is 1. The van der Waals surface area contributed by atoms with E-state index in [-0.39, 0.29) is 17.4 Å². The Morgan fingerprint density at radius 3 is 2.43 bits per heavy atom. The second-order valence-corrected chi connectivity index (χ2v) is 8.22. The van der Waals surface area contributed by atoms with Gasteiger partial charge in [-0.05, 0) is 38.1 Å². The van der Waals surface area contributed by atoms with Crippen molar-refractivity contribution >= 4 is 16.0 Å². The van der Waals surface area contributed by atoms with Gasteiger partial charge in [-0.15, -0.1) is 0 Å². The molecule has 10 heteroatoms. The number of carbonyl (C=O) groups excluding carboxylic acids is 1. The number of methoxy groups -OCH3 is 1. The number of hydrogen-bond donors (Lipinski definition) is 1. The third-order valence-electron chi connectivity index (χ3n) is 4.17. The fourth-order valence-corrected chi connectivity index (χ4v) is 3.69. The Morgan fingerprint density at radius 1 is 1.13 bits per heavy atom. The second kappa shape index (κ2) is 9.06. The molecule has 30 heavy (non-hydrogen) atoms. The van der Waals surface area contributed by atoms with Gasteiger partial charge in [0.25, 0.3) is 5.89 Å². The maximum absolute atomic E-state index is 12.4. The SMILES string of the molecule is COc1ccc(S(=O)(=O)N[C@@H](C)C(=O)OCc2nc(-c3ccc(C)cc3)no2)cc1. The largest absolute Gasteiger partial charge is 0.497 e. The molecule has 2 aromatic carbocycles. The average molecular weight is 431 g/mol. The molecule has 0 amide bonds. The molecule has 1 aromatic heterocycles. The van der Waals surface area contributed by atoms with E-state index in [1.807, 2.05) is 31.2 Å². The summed E-state index contributed by atoms with van der Waals surface area (Å²) < 4.78 is 42.3. The summed E-state index contributed by atoms with van der Waals surface area (Å²) in [4.78, 5) is 16.4. The van der Waals surface area contributed by atoms with E-state index in [9.17, 15) is 13.2 Å². The van der Waals surface area contributed by atoms with E-state index in [0.717, 1.165) is 11.1 Å². The zero-order valence-electron chi connectivity index (χ0n) is 16.7. The van der Waals surface area contributed by atoms with Crippen molar-refractivity contribution in [2.24, 2.45) is 0 Å². The van der Waals surface area contributed by atoms with E-state index in [4.69, 9.17) is 14.0 Å². The van der Waals surface area contributed by atoms with Crippen LogP contribution < -0.4 is 9.46 Å². The van der Waals surface area contributed by atoms with Crippen LogP contribution in [0, 0.1) is 6.92 Å². The van der Waals surface area contributed by atoms with E-state index >= 15 is 0 Å². The Labute approximate surface area is 174 Å². The fraction of sp³-hybridized carbons (Fsp3) is 0.250.